The van der Waals surface area contributed by atoms with Crippen LogP contribution in [-0.2, 0) is 4.79 Å². The van der Waals surface area contributed by atoms with Crippen LogP contribution in [0.4, 0.5) is 0 Å². The summed E-state index contributed by atoms with van der Waals surface area (Å²) in [6.45, 7) is 5.04. The highest BCUT2D eigenvalue weighted by Gasteiger charge is 2.21. The molecule has 0 fully saturated rings. The molecule has 3 rings (SSSR count). The molecule has 2 aromatic carbocycles. The van der Waals surface area contributed by atoms with Gasteiger partial charge >= 0.3 is 0 Å². The highest BCUT2D eigenvalue weighted by atomic mass is 16.1. The zero-order valence-electron chi connectivity index (χ0n) is 15.7. The predicted octanol–water partition coefficient (Wildman–Crippen LogP) is 5.30. The summed E-state index contributed by atoms with van der Waals surface area (Å²) in [5.74, 6) is 0.176. The Balaban J connectivity index is 1.86. The molecule has 0 saturated heterocycles. The highest BCUT2D eigenvalue weighted by molar-refractivity contribution is 5.86. The van der Waals surface area contributed by atoms with Gasteiger partial charge in [-0.15, -0.1) is 0 Å². The molecular weight excluding hydrogens is 320 g/mol. The molecule has 1 heterocycles. The van der Waals surface area contributed by atoms with E-state index in [1.54, 1.807) is 0 Å². The second-order valence-electron chi connectivity index (χ2n) is 7.02. The van der Waals surface area contributed by atoms with Gasteiger partial charge in [0.15, 0.2) is 0 Å². The number of nitrogens with one attached hydrogen (secondary N) is 2. The summed E-state index contributed by atoms with van der Waals surface area (Å²) < 4.78 is 0. The van der Waals surface area contributed by atoms with E-state index in [2.05, 4.69) is 72.8 Å². The summed E-state index contributed by atoms with van der Waals surface area (Å²) in [5, 5.41) is 4.29. The van der Waals surface area contributed by atoms with Gasteiger partial charge in [-0.3, -0.25) is 4.79 Å². The Morgan fingerprint density at radius 3 is 2.77 bits per heavy atom. The molecule has 0 radical (unpaired) electrons. The molecule has 0 aliphatic rings. The second-order valence-corrected chi connectivity index (χ2v) is 7.02. The summed E-state index contributed by atoms with van der Waals surface area (Å²) in [6, 6.07) is 16.8. The number of hydrogen-bond donors (Lipinski definition) is 2. The van der Waals surface area contributed by atoms with E-state index in [0.717, 1.165) is 31.3 Å². The molecule has 0 aliphatic heterocycles. The van der Waals surface area contributed by atoms with Gasteiger partial charge < -0.3 is 10.3 Å². The van der Waals surface area contributed by atoms with Crippen molar-refractivity contribution in [2.75, 3.05) is 6.54 Å². The first kappa shape index (κ1) is 18.2. The Bertz CT molecular complexity index is 865. The molecule has 1 aromatic heterocycles. The molecule has 26 heavy (non-hydrogen) atoms. The van der Waals surface area contributed by atoms with E-state index in [1.807, 2.05) is 6.07 Å². The van der Waals surface area contributed by atoms with Crippen LogP contribution in [0, 0.1) is 6.92 Å². The van der Waals surface area contributed by atoms with Crippen molar-refractivity contribution in [3.05, 3.63) is 71.4 Å². The molecule has 1 atom stereocenters. The van der Waals surface area contributed by atoms with Crippen LogP contribution in [0.25, 0.3) is 10.9 Å². The van der Waals surface area contributed by atoms with Crippen LogP contribution < -0.4 is 5.32 Å². The molecule has 1 unspecified atom stereocenters. The average molecular weight is 348 g/mol. The lowest BCUT2D eigenvalue weighted by Gasteiger charge is -2.18. The van der Waals surface area contributed by atoms with E-state index in [9.17, 15) is 4.79 Å². The monoisotopic (exact) mass is 348 g/mol. The summed E-state index contributed by atoms with van der Waals surface area (Å²) in [6.07, 6.45) is 5.89. The second kappa shape index (κ2) is 8.70. The topological polar surface area (TPSA) is 44.9 Å². The molecule has 0 spiro atoms. The van der Waals surface area contributed by atoms with Crippen LogP contribution in [0.3, 0.4) is 0 Å². The first-order chi connectivity index (χ1) is 12.7. The molecular formula is C23H28N2O. The third kappa shape index (κ3) is 4.34. The Morgan fingerprint density at radius 2 is 1.96 bits per heavy atom. The van der Waals surface area contributed by atoms with Crippen molar-refractivity contribution in [2.45, 2.75) is 45.4 Å². The normalized spacial score (nSPS) is 12.2. The number of hydrogen-bond acceptors (Lipinski definition) is 1. The first-order valence-electron chi connectivity index (χ1n) is 9.58. The van der Waals surface area contributed by atoms with E-state index in [4.69, 9.17) is 0 Å². The minimum atomic E-state index is 0.0530. The SMILES string of the molecule is CCCCCNC(=O)CC(c1cccc(C)c1)c1c[nH]c2ccccc12. The smallest absolute Gasteiger partial charge is 0.220 e. The molecule has 3 heteroatoms. The number of fused-ring (bicyclic) bond motifs is 1. The molecule has 3 nitrogen and oxygen atoms in total. The van der Waals surface area contributed by atoms with Crippen LogP contribution in [0.2, 0.25) is 0 Å². The number of carbonyl (C=O) groups is 1. The van der Waals surface area contributed by atoms with E-state index in [1.165, 1.54) is 22.1 Å². The Morgan fingerprint density at radius 1 is 1.12 bits per heavy atom. The van der Waals surface area contributed by atoms with Crippen LogP contribution >= 0.6 is 0 Å². The lowest BCUT2D eigenvalue weighted by atomic mass is 9.87. The Kier molecular flexibility index (Phi) is 6.11. The number of carbonyl (C=O) groups excluding carboxylic acids is 1. The summed E-state index contributed by atoms with van der Waals surface area (Å²) in [7, 11) is 0. The van der Waals surface area contributed by atoms with Gasteiger partial charge in [0.2, 0.25) is 5.91 Å². The third-order valence-electron chi connectivity index (χ3n) is 4.93. The van der Waals surface area contributed by atoms with Gasteiger partial charge in [-0.2, -0.15) is 0 Å². The van der Waals surface area contributed by atoms with Crippen LogP contribution in [-0.4, -0.2) is 17.4 Å². The van der Waals surface area contributed by atoms with Crippen molar-refractivity contribution in [2.24, 2.45) is 0 Å². The van der Waals surface area contributed by atoms with Crippen LogP contribution in [0.1, 0.15) is 55.2 Å². The summed E-state index contributed by atoms with van der Waals surface area (Å²) in [4.78, 5) is 15.9. The number of unbranched alkanes of at least 4 members (excludes halogenated alkanes) is 2. The fourth-order valence-corrected chi connectivity index (χ4v) is 3.54. The zero-order chi connectivity index (χ0) is 18.4. The third-order valence-corrected chi connectivity index (χ3v) is 4.93. The Hall–Kier alpha value is -2.55. The van der Waals surface area contributed by atoms with Gasteiger partial charge in [-0.1, -0.05) is 67.8 Å². The van der Waals surface area contributed by atoms with Crippen molar-refractivity contribution >= 4 is 16.8 Å². The van der Waals surface area contributed by atoms with Gasteiger partial charge in [0, 0.05) is 36.0 Å². The molecule has 3 aromatic rings. The number of rotatable bonds is 8. The minimum absolute atomic E-state index is 0.0530. The number of H-pyrrole nitrogens is 1. The lowest BCUT2D eigenvalue weighted by molar-refractivity contribution is -0.121. The number of amides is 1. The summed E-state index contributed by atoms with van der Waals surface area (Å²) in [5.41, 5.74) is 4.72. The predicted molar refractivity (Wildman–Crippen MR) is 108 cm³/mol. The molecule has 2 N–H and O–H groups in total. The van der Waals surface area contributed by atoms with Crippen molar-refractivity contribution in [1.82, 2.24) is 10.3 Å². The average Bonchev–Trinajstić information content (AvgIpc) is 3.07. The maximum Gasteiger partial charge on any atom is 0.220 e. The van der Waals surface area contributed by atoms with Crippen molar-refractivity contribution in [3.63, 3.8) is 0 Å². The number of aromatic amines is 1. The van der Waals surface area contributed by atoms with E-state index in [-0.39, 0.29) is 11.8 Å². The molecule has 0 saturated carbocycles. The Labute approximate surface area is 155 Å². The van der Waals surface area contributed by atoms with Gasteiger partial charge in [-0.05, 0) is 30.5 Å². The van der Waals surface area contributed by atoms with Crippen LogP contribution in [0.5, 0.6) is 0 Å². The van der Waals surface area contributed by atoms with Gasteiger partial charge in [0.05, 0.1) is 0 Å². The zero-order valence-corrected chi connectivity index (χ0v) is 15.7. The minimum Gasteiger partial charge on any atom is -0.361 e. The molecule has 136 valence electrons. The number of aromatic nitrogens is 1. The fourth-order valence-electron chi connectivity index (χ4n) is 3.54. The number of aryl methyl sites for hydroxylation is 1. The molecule has 0 aliphatic carbocycles. The van der Waals surface area contributed by atoms with Crippen LogP contribution in [0.15, 0.2) is 54.7 Å². The van der Waals surface area contributed by atoms with Gasteiger partial charge in [0.25, 0.3) is 0 Å². The highest BCUT2D eigenvalue weighted by Crippen LogP contribution is 2.33. The van der Waals surface area contributed by atoms with Gasteiger partial charge in [-0.25, -0.2) is 0 Å². The molecule has 0 bridgehead atoms. The number of para-hydroxylation sites is 1. The van der Waals surface area contributed by atoms with E-state index < -0.39 is 0 Å². The largest absolute Gasteiger partial charge is 0.361 e. The quantitative estimate of drug-likeness (QED) is 0.533. The summed E-state index contributed by atoms with van der Waals surface area (Å²) >= 11 is 0. The van der Waals surface area contributed by atoms with Crippen molar-refractivity contribution < 1.29 is 4.79 Å². The maximum atomic E-state index is 12.6. The fraction of sp³-hybridized carbons (Fsp3) is 0.348. The molecule has 1 amide bonds. The van der Waals surface area contributed by atoms with Crippen molar-refractivity contribution in [3.8, 4) is 0 Å². The number of benzene rings is 2. The standard InChI is InChI=1S/C23H28N2O/c1-3-4-7-13-24-23(26)15-20(18-10-8-9-17(2)14-18)21-16-25-22-12-6-5-11-19(21)22/h5-6,8-12,14,16,20,25H,3-4,7,13,15H2,1-2H3,(H,24,26). The van der Waals surface area contributed by atoms with Gasteiger partial charge in [0.1, 0.15) is 0 Å². The maximum absolute atomic E-state index is 12.6. The van der Waals surface area contributed by atoms with E-state index >= 15 is 0 Å². The lowest BCUT2D eigenvalue weighted by Crippen LogP contribution is -2.26. The van der Waals surface area contributed by atoms with E-state index in [0.29, 0.717) is 6.42 Å². The first-order valence-corrected chi connectivity index (χ1v) is 9.58. The van der Waals surface area contributed by atoms with Crippen molar-refractivity contribution in [1.29, 1.82) is 0 Å².